The third kappa shape index (κ3) is 3.92. The maximum atomic E-state index is 13.2. The molecule has 1 N–H and O–H groups in total. The zero-order valence-electron chi connectivity index (χ0n) is 13.3. The maximum absolute atomic E-state index is 13.2. The van der Waals surface area contributed by atoms with Crippen LogP contribution in [0, 0.1) is 5.82 Å². The number of rotatable bonds is 4. The average Bonchev–Trinajstić information content (AvgIpc) is 2.62. The topological polar surface area (TPSA) is 49.8 Å². The van der Waals surface area contributed by atoms with E-state index in [0.29, 0.717) is 25.9 Å². The summed E-state index contributed by atoms with van der Waals surface area (Å²) >= 11 is 0. The molecule has 1 saturated heterocycles. The minimum absolute atomic E-state index is 0.0177. The van der Waals surface area contributed by atoms with Crippen molar-refractivity contribution in [3.05, 3.63) is 71.5 Å². The zero-order valence-corrected chi connectivity index (χ0v) is 13.3. The Hall–Kier alpha value is -2.40. The Bertz CT molecular complexity index is 667. The molecule has 3 rings (SSSR count). The van der Waals surface area contributed by atoms with Crippen molar-refractivity contribution < 1.29 is 19.0 Å². The summed E-state index contributed by atoms with van der Waals surface area (Å²) in [7, 11) is 0. The van der Waals surface area contributed by atoms with E-state index in [1.165, 1.54) is 17.0 Å². The number of ether oxygens (including phenoxy) is 1. The number of piperidine rings is 1. The normalized spacial score (nSPS) is 16.8. The molecule has 4 nitrogen and oxygen atoms in total. The van der Waals surface area contributed by atoms with Gasteiger partial charge >= 0.3 is 6.09 Å². The molecule has 126 valence electrons. The van der Waals surface area contributed by atoms with Crippen molar-refractivity contribution >= 4 is 6.09 Å². The van der Waals surface area contributed by atoms with Crippen LogP contribution in [0.25, 0.3) is 0 Å². The SMILES string of the molecule is O=C(O)N1CCC(OC(c2ccccc2)c2ccc(F)cc2)CC1. The van der Waals surface area contributed by atoms with Gasteiger partial charge in [-0.15, -0.1) is 0 Å². The van der Waals surface area contributed by atoms with Crippen molar-refractivity contribution in [2.24, 2.45) is 0 Å². The van der Waals surface area contributed by atoms with Gasteiger partial charge in [-0.2, -0.15) is 0 Å². The largest absolute Gasteiger partial charge is 0.465 e. The molecular weight excluding hydrogens is 309 g/mol. The van der Waals surface area contributed by atoms with Gasteiger partial charge in [0.1, 0.15) is 11.9 Å². The summed E-state index contributed by atoms with van der Waals surface area (Å²) in [5.74, 6) is -0.277. The highest BCUT2D eigenvalue weighted by atomic mass is 19.1. The number of hydrogen-bond acceptors (Lipinski definition) is 2. The Balaban J connectivity index is 1.76. The highest BCUT2D eigenvalue weighted by Gasteiger charge is 2.26. The number of hydrogen-bond donors (Lipinski definition) is 1. The van der Waals surface area contributed by atoms with Crippen LogP contribution in [-0.2, 0) is 4.74 Å². The lowest BCUT2D eigenvalue weighted by atomic mass is 10.00. The van der Waals surface area contributed by atoms with Crippen LogP contribution in [0.2, 0.25) is 0 Å². The number of benzene rings is 2. The molecule has 1 heterocycles. The Morgan fingerprint density at radius 1 is 1.04 bits per heavy atom. The van der Waals surface area contributed by atoms with E-state index in [4.69, 9.17) is 9.84 Å². The second-order valence-electron chi connectivity index (χ2n) is 5.95. The molecule has 2 aromatic carbocycles. The Morgan fingerprint density at radius 3 is 2.21 bits per heavy atom. The number of nitrogens with zero attached hydrogens (tertiary/aromatic N) is 1. The van der Waals surface area contributed by atoms with Crippen LogP contribution in [0.5, 0.6) is 0 Å². The monoisotopic (exact) mass is 329 g/mol. The van der Waals surface area contributed by atoms with Crippen LogP contribution in [0.15, 0.2) is 54.6 Å². The van der Waals surface area contributed by atoms with Crippen molar-refractivity contribution in [2.75, 3.05) is 13.1 Å². The van der Waals surface area contributed by atoms with E-state index in [0.717, 1.165) is 11.1 Å². The molecule has 0 aliphatic carbocycles. The molecule has 0 aromatic heterocycles. The van der Waals surface area contributed by atoms with E-state index >= 15 is 0 Å². The molecule has 1 amide bonds. The summed E-state index contributed by atoms with van der Waals surface area (Å²) in [4.78, 5) is 12.4. The molecule has 0 spiro atoms. The van der Waals surface area contributed by atoms with Crippen LogP contribution >= 0.6 is 0 Å². The fraction of sp³-hybridized carbons (Fsp3) is 0.316. The zero-order chi connectivity index (χ0) is 16.9. The van der Waals surface area contributed by atoms with Crippen molar-refractivity contribution in [3.8, 4) is 0 Å². The third-order valence-electron chi connectivity index (χ3n) is 4.32. The van der Waals surface area contributed by atoms with Gasteiger partial charge in [-0.1, -0.05) is 42.5 Å². The summed E-state index contributed by atoms with van der Waals surface area (Å²) < 4.78 is 19.5. The van der Waals surface area contributed by atoms with Crippen molar-refractivity contribution in [1.29, 1.82) is 0 Å². The lowest BCUT2D eigenvalue weighted by Gasteiger charge is -2.32. The fourth-order valence-electron chi connectivity index (χ4n) is 2.99. The number of likely N-dealkylation sites (tertiary alicyclic amines) is 1. The van der Waals surface area contributed by atoms with E-state index in [1.807, 2.05) is 30.3 Å². The van der Waals surface area contributed by atoms with Gasteiger partial charge in [0.15, 0.2) is 0 Å². The van der Waals surface area contributed by atoms with Crippen molar-refractivity contribution in [1.82, 2.24) is 4.90 Å². The minimum atomic E-state index is -0.883. The predicted molar refractivity (Wildman–Crippen MR) is 88.4 cm³/mol. The smallest absolute Gasteiger partial charge is 0.407 e. The Labute approximate surface area is 140 Å². The van der Waals surface area contributed by atoms with Gasteiger partial charge in [-0.3, -0.25) is 0 Å². The standard InChI is InChI=1S/C19H20FNO3/c20-16-8-6-15(7-9-16)18(14-4-2-1-3-5-14)24-17-10-12-21(13-11-17)19(22)23/h1-9,17-18H,10-13H2,(H,22,23). The fourth-order valence-corrected chi connectivity index (χ4v) is 2.99. The Morgan fingerprint density at radius 2 is 1.62 bits per heavy atom. The quantitative estimate of drug-likeness (QED) is 0.920. The number of carbonyl (C=O) groups is 1. The summed E-state index contributed by atoms with van der Waals surface area (Å²) in [6, 6.07) is 16.1. The van der Waals surface area contributed by atoms with E-state index in [1.54, 1.807) is 12.1 Å². The minimum Gasteiger partial charge on any atom is -0.465 e. The van der Waals surface area contributed by atoms with Gasteiger partial charge in [0.05, 0.1) is 6.10 Å². The third-order valence-corrected chi connectivity index (χ3v) is 4.32. The molecule has 1 aliphatic rings. The number of carboxylic acid groups (broad SMARTS) is 1. The first kappa shape index (κ1) is 16.5. The van der Waals surface area contributed by atoms with Gasteiger partial charge < -0.3 is 14.7 Å². The molecule has 1 aliphatic heterocycles. The van der Waals surface area contributed by atoms with Crippen molar-refractivity contribution in [3.63, 3.8) is 0 Å². The maximum Gasteiger partial charge on any atom is 0.407 e. The summed E-state index contributed by atoms with van der Waals surface area (Å²) in [5, 5.41) is 9.04. The average molecular weight is 329 g/mol. The van der Waals surface area contributed by atoms with Crippen LogP contribution in [0.3, 0.4) is 0 Å². The molecule has 24 heavy (non-hydrogen) atoms. The molecule has 0 saturated carbocycles. The van der Waals surface area contributed by atoms with Crippen LogP contribution in [0.4, 0.5) is 9.18 Å². The first-order valence-electron chi connectivity index (χ1n) is 8.07. The number of amides is 1. The van der Waals surface area contributed by atoms with Gasteiger partial charge in [-0.25, -0.2) is 9.18 Å². The molecule has 1 atom stereocenters. The summed E-state index contributed by atoms with van der Waals surface area (Å²) in [6.45, 7) is 0.954. The lowest BCUT2D eigenvalue weighted by molar-refractivity contribution is -0.0240. The molecule has 0 radical (unpaired) electrons. The van der Waals surface area contributed by atoms with E-state index in [-0.39, 0.29) is 18.0 Å². The molecule has 0 bridgehead atoms. The van der Waals surface area contributed by atoms with Crippen LogP contribution in [0.1, 0.15) is 30.1 Å². The number of halogens is 1. The van der Waals surface area contributed by atoms with Crippen LogP contribution in [-0.4, -0.2) is 35.3 Å². The molecular formula is C19H20FNO3. The molecule has 5 heteroatoms. The van der Waals surface area contributed by atoms with Crippen LogP contribution < -0.4 is 0 Å². The van der Waals surface area contributed by atoms with E-state index in [2.05, 4.69) is 0 Å². The molecule has 1 fully saturated rings. The second kappa shape index (κ2) is 7.45. The van der Waals surface area contributed by atoms with Gasteiger partial charge in [0.2, 0.25) is 0 Å². The van der Waals surface area contributed by atoms with E-state index < -0.39 is 6.09 Å². The van der Waals surface area contributed by atoms with Gasteiger partial charge in [0, 0.05) is 13.1 Å². The highest BCUT2D eigenvalue weighted by molar-refractivity contribution is 5.65. The van der Waals surface area contributed by atoms with Crippen molar-refractivity contribution in [2.45, 2.75) is 25.0 Å². The Kier molecular flexibility index (Phi) is 5.11. The highest BCUT2D eigenvalue weighted by Crippen LogP contribution is 2.30. The molecule has 2 aromatic rings. The predicted octanol–water partition coefficient (Wildman–Crippen LogP) is 4.07. The summed E-state index contributed by atoms with van der Waals surface area (Å²) in [5.41, 5.74) is 1.90. The first-order chi connectivity index (χ1) is 11.6. The van der Waals surface area contributed by atoms with Gasteiger partial charge in [0.25, 0.3) is 0 Å². The lowest BCUT2D eigenvalue weighted by Crippen LogP contribution is -2.40. The van der Waals surface area contributed by atoms with E-state index in [9.17, 15) is 9.18 Å². The van der Waals surface area contributed by atoms with Gasteiger partial charge in [-0.05, 0) is 36.1 Å². The molecule has 1 unspecified atom stereocenters. The first-order valence-corrected chi connectivity index (χ1v) is 8.07. The second-order valence-corrected chi connectivity index (χ2v) is 5.95. The summed E-state index contributed by atoms with van der Waals surface area (Å²) in [6.07, 6.45) is 0.142.